The maximum atomic E-state index is 12.6. The second-order valence-electron chi connectivity index (χ2n) is 7.25. The highest BCUT2D eigenvalue weighted by Crippen LogP contribution is 2.56. The van der Waals surface area contributed by atoms with Crippen LogP contribution in [0, 0.1) is 11.8 Å². The van der Waals surface area contributed by atoms with E-state index in [0.717, 1.165) is 24.5 Å². The van der Waals surface area contributed by atoms with Crippen LogP contribution in [-0.2, 0) is 17.1 Å². The van der Waals surface area contributed by atoms with Crippen molar-refractivity contribution in [1.29, 1.82) is 0 Å². The largest absolute Gasteiger partial charge is 0.433 e. The van der Waals surface area contributed by atoms with E-state index >= 15 is 0 Å². The molecule has 0 amide bonds. The maximum absolute atomic E-state index is 12.6. The smallest absolute Gasteiger partial charge is 0.299 e. The minimum absolute atomic E-state index is 0.00907. The fourth-order valence-electron chi connectivity index (χ4n) is 3.62. The van der Waals surface area contributed by atoms with Gasteiger partial charge in [0.15, 0.2) is 0 Å². The quantitative estimate of drug-likeness (QED) is 0.679. The number of hydrogen-bond donors (Lipinski definition) is 0. The van der Waals surface area contributed by atoms with Crippen molar-refractivity contribution in [3.8, 4) is 0 Å². The highest BCUT2D eigenvalue weighted by atomic mass is 19.4. The van der Waals surface area contributed by atoms with Crippen LogP contribution in [0.5, 0.6) is 0 Å². The molecule has 0 saturated heterocycles. The lowest BCUT2D eigenvalue weighted by atomic mass is 10.0. The molecular weight excluding hydrogens is 386 g/mol. The molecule has 2 heterocycles. The highest BCUT2D eigenvalue weighted by Gasteiger charge is 2.53. The van der Waals surface area contributed by atoms with Gasteiger partial charge in [0.1, 0.15) is 17.2 Å². The van der Waals surface area contributed by atoms with E-state index in [4.69, 9.17) is 0 Å². The highest BCUT2D eigenvalue weighted by molar-refractivity contribution is 5.90. The van der Waals surface area contributed by atoms with E-state index in [2.05, 4.69) is 9.97 Å². The number of halogens is 6. The van der Waals surface area contributed by atoms with Crippen molar-refractivity contribution < 1.29 is 31.1 Å². The van der Waals surface area contributed by atoms with Gasteiger partial charge in [-0.15, -0.1) is 0 Å². The van der Waals surface area contributed by atoms with E-state index in [1.165, 1.54) is 12.1 Å². The van der Waals surface area contributed by atoms with Crippen molar-refractivity contribution in [2.45, 2.75) is 37.0 Å². The minimum Gasteiger partial charge on any atom is -0.299 e. The Bertz CT molecular complexity index is 815. The first-order chi connectivity index (χ1) is 13.1. The zero-order valence-corrected chi connectivity index (χ0v) is 14.3. The number of pyridine rings is 2. The molecule has 2 fully saturated rings. The minimum atomic E-state index is -4.51. The summed E-state index contributed by atoms with van der Waals surface area (Å²) in [5, 5.41) is 0. The molecule has 2 saturated carbocycles. The van der Waals surface area contributed by atoms with Gasteiger partial charge in [0.25, 0.3) is 0 Å². The number of rotatable bonds is 4. The van der Waals surface area contributed by atoms with Crippen LogP contribution in [0.15, 0.2) is 36.7 Å². The molecule has 148 valence electrons. The summed E-state index contributed by atoms with van der Waals surface area (Å²) in [6.45, 7) is 0. The number of carbonyl (C=O) groups excluding carboxylic acids is 1. The summed E-state index contributed by atoms with van der Waals surface area (Å²) in [5.41, 5.74) is -0.756. The van der Waals surface area contributed by atoms with Crippen LogP contribution in [0.4, 0.5) is 26.3 Å². The predicted octanol–water partition coefficient (Wildman–Crippen LogP) is 4.99. The second kappa shape index (κ2) is 6.28. The van der Waals surface area contributed by atoms with Gasteiger partial charge in [0.05, 0.1) is 0 Å². The molecule has 0 aliphatic heterocycles. The van der Waals surface area contributed by atoms with Gasteiger partial charge >= 0.3 is 12.4 Å². The third-order valence-corrected chi connectivity index (χ3v) is 5.32. The molecule has 2 aromatic rings. The molecule has 0 aromatic carbocycles. The van der Waals surface area contributed by atoms with Crippen molar-refractivity contribution in [3.05, 3.63) is 59.2 Å². The summed E-state index contributed by atoms with van der Waals surface area (Å²) < 4.78 is 75.4. The maximum Gasteiger partial charge on any atom is 0.433 e. The summed E-state index contributed by atoms with van der Waals surface area (Å²) in [5.74, 6) is -0.815. The summed E-state index contributed by atoms with van der Waals surface area (Å²) in [6.07, 6.45) is -5.58. The van der Waals surface area contributed by atoms with Crippen LogP contribution < -0.4 is 0 Å². The van der Waals surface area contributed by atoms with Gasteiger partial charge in [0.2, 0.25) is 0 Å². The SMILES string of the molecule is O=C(C1CC1c1ccc(C(F)(F)F)nc1)C1CC1c1ccc(C(F)(F)F)nc1. The van der Waals surface area contributed by atoms with Crippen LogP contribution in [0.3, 0.4) is 0 Å². The molecule has 4 atom stereocenters. The van der Waals surface area contributed by atoms with E-state index in [-0.39, 0.29) is 29.5 Å². The van der Waals surface area contributed by atoms with Crippen molar-refractivity contribution in [3.63, 3.8) is 0 Å². The van der Waals surface area contributed by atoms with Gasteiger partial charge in [-0.1, -0.05) is 12.1 Å². The number of alkyl halides is 6. The van der Waals surface area contributed by atoms with Crippen LogP contribution in [0.25, 0.3) is 0 Å². The third-order valence-electron chi connectivity index (χ3n) is 5.32. The summed E-state index contributed by atoms with van der Waals surface area (Å²) in [4.78, 5) is 19.4. The van der Waals surface area contributed by atoms with E-state index in [1.54, 1.807) is 0 Å². The van der Waals surface area contributed by atoms with Gasteiger partial charge < -0.3 is 0 Å². The first kappa shape index (κ1) is 18.9. The number of ketones is 1. The number of hydrogen-bond acceptors (Lipinski definition) is 3. The molecule has 3 nitrogen and oxygen atoms in total. The second-order valence-corrected chi connectivity index (χ2v) is 7.25. The Hall–Kier alpha value is -2.45. The molecule has 0 spiro atoms. The van der Waals surface area contributed by atoms with E-state index in [0.29, 0.717) is 24.0 Å². The van der Waals surface area contributed by atoms with Gasteiger partial charge in [-0.05, 0) is 47.9 Å². The lowest BCUT2D eigenvalue weighted by Crippen LogP contribution is -2.09. The number of Topliss-reactive ketones (excluding diaryl/α,β-unsaturated/α-hetero) is 1. The van der Waals surface area contributed by atoms with Gasteiger partial charge in [-0.25, -0.2) is 0 Å². The average Bonchev–Trinajstić information content (AvgIpc) is 3.53. The van der Waals surface area contributed by atoms with Crippen molar-refractivity contribution in [1.82, 2.24) is 9.97 Å². The molecule has 2 aliphatic rings. The molecule has 2 aromatic heterocycles. The zero-order valence-electron chi connectivity index (χ0n) is 14.3. The zero-order chi connectivity index (χ0) is 20.3. The summed E-state index contributed by atoms with van der Waals surface area (Å²) >= 11 is 0. The Morgan fingerprint density at radius 3 is 1.43 bits per heavy atom. The molecule has 9 heteroatoms. The van der Waals surface area contributed by atoms with Gasteiger partial charge in [-0.2, -0.15) is 26.3 Å². The molecule has 4 unspecified atom stereocenters. The van der Waals surface area contributed by atoms with Crippen LogP contribution in [-0.4, -0.2) is 15.8 Å². The van der Waals surface area contributed by atoms with E-state index in [1.807, 2.05) is 0 Å². The Morgan fingerprint density at radius 1 is 0.750 bits per heavy atom. The summed E-state index contributed by atoms with van der Waals surface area (Å²) in [6, 6.07) is 4.50. The van der Waals surface area contributed by atoms with Crippen LogP contribution in [0.1, 0.15) is 47.2 Å². The molecule has 0 bridgehead atoms. The lowest BCUT2D eigenvalue weighted by molar-refractivity contribution is -0.142. The third kappa shape index (κ3) is 3.62. The Labute approximate surface area is 155 Å². The number of aromatic nitrogens is 2. The van der Waals surface area contributed by atoms with Crippen molar-refractivity contribution in [2.75, 3.05) is 0 Å². The first-order valence-electron chi connectivity index (χ1n) is 8.65. The standard InChI is InChI=1S/C19H14F6N2O/c20-18(21,22)15-3-1-9(7-26-15)11-5-13(11)17(28)14-6-12(14)10-2-4-16(27-8-10)19(23,24)25/h1-4,7-8,11-14H,5-6H2. The topological polar surface area (TPSA) is 42.9 Å². The molecule has 28 heavy (non-hydrogen) atoms. The fraction of sp³-hybridized carbons (Fsp3) is 0.421. The van der Waals surface area contributed by atoms with Crippen molar-refractivity contribution >= 4 is 5.78 Å². The van der Waals surface area contributed by atoms with Crippen LogP contribution in [0.2, 0.25) is 0 Å². The number of nitrogens with zero attached hydrogens (tertiary/aromatic N) is 2. The molecule has 0 N–H and O–H groups in total. The van der Waals surface area contributed by atoms with E-state index in [9.17, 15) is 31.1 Å². The average molecular weight is 400 g/mol. The first-order valence-corrected chi connectivity index (χ1v) is 8.65. The molecular formula is C19H14F6N2O. The van der Waals surface area contributed by atoms with Gasteiger partial charge in [-0.3, -0.25) is 14.8 Å². The number of carbonyl (C=O) groups is 1. The monoisotopic (exact) mass is 400 g/mol. The summed E-state index contributed by atoms with van der Waals surface area (Å²) in [7, 11) is 0. The Morgan fingerprint density at radius 2 is 1.14 bits per heavy atom. The Balaban J connectivity index is 1.37. The fourth-order valence-corrected chi connectivity index (χ4v) is 3.62. The van der Waals surface area contributed by atoms with Crippen LogP contribution >= 0.6 is 0 Å². The molecule has 4 rings (SSSR count). The Kier molecular flexibility index (Phi) is 4.24. The molecule has 0 radical (unpaired) electrons. The lowest BCUT2D eigenvalue weighted by Gasteiger charge is -2.07. The van der Waals surface area contributed by atoms with E-state index < -0.39 is 23.7 Å². The molecule has 2 aliphatic carbocycles. The predicted molar refractivity (Wildman–Crippen MR) is 85.2 cm³/mol. The van der Waals surface area contributed by atoms with Gasteiger partial charge in [0, 0.05) is 24.2 Å². The normalized spacial score (nSPS) is 26.8. The van der Waals surface area contributed by atoms with Crippen molar-refractivity contribution in [2.24, 2.45) is 11.8 Å².